The van der Waals surface area contributed by atoms with Gasteiger partial charge in [0.2, 0.25) is 10.0 Å². The molecule has 8 heteroatoms. The summed E-state index contributed by atoms with van der Waals surface area (Å²) in [6.07, 6.45) is 2.11. The Kier molecular flexibility index (Phi) is 5.23. The first-order valence-electron chi connectivity index (χ1n) is 10.6. The fraction of sp³-hybridized carbons (Fsp3) is 0.391. The summed E-state index contributed by atoms with van der Waals surface area (Å²) in [7, 11) is -5.42. The fourth-order valence-electron chi connectivity index (χ4n) is 3.79. The fourth-order valence-corrected chi connectivity index (χ4v) is 7.30. The molecule has 6 nitrogen and oxygen atoms in total. The van der Waals surface area contributed by atoms with E-state index in [1.54, 1.807) is 30.3 Å². The quantitative estimate of drug-likeness (QED) is 0.431. The average Bonchev–Trinajstić information content (AvgIpc) is 3.08. The van der Waals surface area contributed by atoms with Gasteiger partial charge in [0, 0.05) is 24.3 Å². The third-order valence-corrected chi connectivity index (χ3v) is 13.9. The van der Waals surface area contributed by atoms with Gasteiger partial charge in [-0.2, -0.15) is 4.31 Å². The molecule has 1 aliphatic rings. The number of nitrogens with zero attached hydrogens (tertiary/aromatic N) is 2. The zero-order chi connectivity index (χ0) is 22.6. The van der Waals surface area contributed by atoms with Crippen molar-refractivity contribution in [2.75, 3.05) is 18.4 Å². The highest BCUT2D eigenvalue weighted by Crippen LogP contribution is 2.39. The molecule has 0 radical (unpaired) electrons. The van der Waals surface area contributed by atoms with E-state index in [1.807, 2.05) is 12.1 Å². The van der Waals surface area contributed by atoms with Gasteiger partial charge < -0.3 is 14.7 Å². The zero-order valence-electron chi connectivity index (χ0n) is 18.8. The first-order valence-corrected chi connectivity index (χ1v) is 15.0. The van der Waals surface area contributed by atoms with Crippen LogP contribution in [0.1, 0.15) is 20.8 Å². The van der Waals surface area contributed by atoms with E-state index < -0.39 is 18.3 Å². The van der Waals surface area contributed by atoms with E-state index in [4.69, 9.17) is 0 Å². The Morgan fingerprint density at radius 1 is 1.03 bits per heavy atom. The number of aromatic hydroxyl groups is 1. The summed E-state index contributed by atoms with van der Waals surface area (Å²) in [5.41, 5.74) is 1.86. The van der Waals surface area contributed by atoms with Crippen molar-refractivity contribution in [3.63, 3.8) is 0 Å². The minimum Gasteiger partial charge on any atom is -0.508 e. The zero-order valence-corrected chi connectivity index (χ0v) is 20.6. The van der Waals surface area contributed by atoms with Crippen molar-refractivity contribution in [2.45, 2.75) is 49.8 Å². The number of fused-ring (bicyclic) bond motifs is 1. The summed E-state index contributed by atoms with van der Waals surface area (Å²) >= 11 is 0. The Hall–Kier alpha value is -2.29. The Labute approximate surface area is 185 Å². The van der Waals surface area contributed by atoms with Crippen molar-refractivity contribution in [1.82, 2.24) is 8.54 Å². The lowest BCUT2D eigenvalue weighted by atomic mass is 10.1. The molecule has 2 N–H and O–H groups in total. The second kappa shape index (κ2) is 7.39. The van der Waals surface area contributed by atoms with E-state index in [1.165, 1.54) is 4.31 Å². The van der Waals surface area contributed by atoms with Crippen molar-refractivity contribution in [3.05, 3.63) is 54.7 Å². The number of nitrogens with one attached hydrogen (secondary N) is 1. The Bertz CT molecular complexity index is 1210. The number of aromatic nitrogens is 1. The molecule has 0 atom stereocenters. The molecule has 4 rings (SSSR count). The van der Waals surface area contributed by atoms with Crippen molar-refractivity contribution in [1.29, 1.82) is 0 Å². The summed E-state index contributed by atoms with van der Waals surface area (Å²) in [6.45, 7) is 12.3. The van der Waals surface area contributed by atoms with Gasteiger partial charge >= 0.3 is 0 Å². The van der Waals surface area contributed by atoms with Crippen LogP contribution < -0.4 is 5.32 Å². The van der Waals surface area contributed by atoms with Gasteiger partial charge in [-0.1, -0.05) is 39.9 Å². The minimum atomic E-state index is -3.55. The van der Waals surface area contributed by atoms with Crippen LogP contribution in [0.5, 0.6) is 5.75 Å². The number of hydrogen-bond donors (Lipinski definition) is 2. The molecule has 1 saturated heterocycles. The smallest absolute Gasteiger partial charge is 0.243 e. The average molecular weight is 458 g/mol. The van der Waals surface area contributed by atoms with Crippen molar-refractivity contribution in [2.24, 2.45) is 0 Å². The molecule has 0 bridgehead atoms. The van der Waals surface area contributed by atoms with Crippen LogP contribution in [0, 0.1) is 0 Å². The highest BCUT2D eigenvalue weighted by molar-refractivity contribution is 7.89. The third-order valence-electron chi connectivity index (χ3n) is 6.83. The first-order chi connectivity index (χ1) is 14.4. The highest BCUT2D eigenvalue weighted by atomic mass is 32.2. The summed E-state index contributed by atoms with van der Waals surface area (Å²) in [4.78, 5) is 0.349. The monoisotopic (exact) mass is 457 g/mol. The molecule has 2 aromatic carbocycles. The predicted octanol–water partition coefficient (Wildman–Crippen LogP) is 4.69. The molecule has 0 amide bonds. The molecule has 3 aromatic rings. The molecule has 0 unspecified atom stereocenters. The lowest BCUT2D eigenvalue weighted by molar-refractivity contribution is 0.281. The number of rotatable bonds is 5. The first kappa shape index (κ1) is 21.9. The van der Waals surface area contributed by atoms with Crippen LogP contribution in [0.2, 0.25) is 18.1 Å². The maximum absolute atomic E-state index is 13.2. The largest absolute Gasteiger partial charge is 0.508 e. The van der Waals surface area contributed by atoms with Crippen LogP contribution in [0.25, 0.3) is 10.9 Å². The highest BCUT2D eigenvalue weighted by Gasteiger charge is 2.39. The number of sulfonamides is 1. The maximum atomic E-state index is 13.2. The van der Waals surface area contributed by atoms with E-state index in [-0.39, 0.29) is 16.8 Å². The van der Waals surface area contributed by atoms with E-state index in [9.17, 15) is 13.5 Å². The molecule has 2 heterocycles. The number of benzene rings is 2. The SMILES string of the molecule is CC(C)(C)[Si](C)(C)n1ccc2ccc(S(=O)(=O)N3CC(Nc4ccc(O)cc4)C3)cc21. The standard InChI is InChI=1S/C23H31N3O3SSi/c1-23(2,3)31(4,5)26-13-12-17-6-11-21(14-22(17)26)30(28,29)25-15-19(16-25)24-18-7-9-20(27)10-8-18/h6-14,19,24,27H,15-16H2,1-5H3. The number of anilines is 1. The molecule has 31 heavy (non-hydrogen) atoms. The molecular weight excluding hydrogens is 426 g/mol. The minimum absolute atomic E-state index is 0.0548. The van der Waals surface area contributed by atoms with Crippen LogP contribution in [-0.2, 0) is 10.0 Å². The van der Waals surface area contributed by atoms with Gasteiger partial charge in [0.05, 0.1) is 10.9 Å². The predicted molar refractivity (Wildman–Crippen MR) is 129 cm³/mol. The number of phenolic OH excluding ortho intramolecular Hbond substituents is 1. The summed E-state index contributed by atoms with van der Waals surface area (Å²) < 4.78 is 30.3. The van der Waals surface area contributed by atoms with E-state index in [0.717, 1.165) is 16.6 Å². The lowest BCUT2D eigenvalue weighted by Gasteiger charge is -2.39. The van der Waals surface area contributed by atoms with E-state index in [0.29, 0.717) is 18.0 Å². The lowest BCUT2D eigenvalue weighted by Crippen LogP contribution is -2.56. The molecule has 0 aliphatic carbocycles. The summed E-state index contributed by atoms with van der Waals surface area (Å²) in [6, 6.07) is 14.4. The van der Waals surface area contributed by atoms with Crippen LogP contribution in [-0.4, -0.2) is 49.4 Å². The van der Waals surface area contributed by atoms with Crippen LogP contribution in [0.3, 0.4) is 0 Å². The number of hydrogen-bond acceptors (Lipinski definition) is 4. The molecular formula is C23H31N3O3SSi. The van der Waals surface area contributed by atoms with Gasteiger partial charge in [0.1, 0.15) is 5.75 Å². The maximum Gasteiger partial charge on any atom is 0.243 e. The Balaban J connectivity index is 1.56. The van der Waals surface area contributed by atoms with Gasteiger partial charge in [-0.25, -0.2) is 8.42 Å². The third kappa shape index (κ3) is 3.88. The molecule has 166 valence electrons. The van der Waals surface area contributed by atoms with Gasteiger partial charge in [-0.05, 0) is 59.1 Å². The Morgan fingerprint density at radius 3 is 2.29 bits per heavy atom. The molecule has 1 aromatic heterocycles. The summed E-state index contributed by atoms with van der Waals surface area (Å²) in [5.74, 6) is 0.209. The number of phenols is 1. The Morgan fingerprint density at radius 2 is 1.68 bits per heavy atom. The van der Waals surface area contributed by atoms with Crippen molar-refractivity contribution >= 4 is 34.8 Å². The molecule has 0 spiro atoms. The summed E-state index contributed by atoms with van der Waals surface area (Å²) in [5, 5.41) is 13.9. The van der Waals surface area contributed by atoms with Gasteiger partial charge in [-0.15, -0.1) is 0 Å². The van der Waals surface area contributed by atoms with E-state index >= 15 is 0 Å². The second-order valence-corrected chi connectivity index (χ2v) is 17.0. The van der Waals surface area contributed by atoms with Crippen LogP contribution >= 0.6 is 0 Å². The van der Waals surface area contributed by atoms with Crippen LogP contribution in [0.15, 0.2) is 59.6 Å². The second-order valence-electron chi connectivity index (χ2n) is 9.93. The topological polar surface area (TPSA) is 74.6 Å². The van der Waals surface area contributed by atoms with E-state index in [2.05, 4.69) is 55.7 Å². The van der Waals surface area contributed by atoms with Gasteiger partial charge in [-0.3, -0.25) is 0 Å². The molecule has 1 fully saturated rings. The molecule has 0 saturated carbocycles. The van der Waals surface area contributed by atoms with Crippen molar-refractivity contribution in [3.8, 4) is 5.75 Å². The van der Waals surface area contributed by atoms with Crippen LogP contribution in [0.4, 0.5) is 5.69 Å². The van der Waals surface area contributed by atoms with Gasteiger partial charge in [0.15, 0.2) is 8.24 Å². The molecule has 1 aliphatic heterocycles. The van der Waals surface area contributed by atoms with Crippen molar-refractivity contribution < 1.29 is 13.5 Å². The van der Waals surface area contributed by atoms with Gasteiger partial charge in [0.25, 0.3) is 0 Å². The normalized spacial score (nSPS) is 16.4.